The molecule has 4 aliphatic heterocycles. The molecule has 0 unspecified atom stereocenters. The van der Waals surface area contributed by atoms with Gasteiger partial charge in [0.05, 0.1) is 0 Å². The number of hydrogen-bond acceptors (Lipinski definition) is 6. The monoisotopic (exact) mass is 682 g/mol. The average Bonchev–Trinajstić information content (AvgIpc) is 3.24. The van der Waals surface area contributed by atoms with Crippen LogP contribution in [0.15, 0.2) is 46.9 Å². The van der Waals surface area contributed by atoms with E-state index in [9.17, 15) is 14.4 Å². The molecule has 6 rings (SSSR count). The third-order valence-corrected chi connectivity index (χ3v) is 10.8. The summed E-state index contributed by atoms with van der Waals surface area (Å²) in [5, 5.41) is 6.47. The number of carbonyl (C=O) groups is 3. The zero-order valence-corrected chi connectivity index (χ0v) is 27.8. The van der Waals surface area contributed by atoms with Crippen LogP contribution in [-0.2, 0) is 22.4 Å². The lowest BCUT2D eigenvalue weighted by atomic mass is 10.0. The Morgan fingerprint density at radius 3 is 2.36 bits per heavy atom. The summed E-state index contributed by atoms with van der Waals surface area (Å²) in [5.41, 5.74) is 4.06. The number of hydrogen-bond donors (Lipinski definition) is 2. The van der Waals surface area contributed by atoms with Gasteiger partial charge < -0.3 is 30.1 Å². The largest absolute Gasteiger partial charge is 0.436 e. The number of benzene rings is 2. The molecule has 244 valence electrons. The van der Waals surface area contributed by atoms with Gasteiger partial charge in [0.2, 0.25) is 0 Å². The van der Waals surface area contributed by atoms with Crippen LogP contribution in [0.1, 0.15) is 43.8 Å². The van der Waals surface area contributed by atoms with E-state index in [0.29, 0.717) is 58.0 Å². The number of fused-ring (bicyclic) bond motifs is 1. The first-order chi connectivity index (χ1) is 21.9. The van der Waals surface area contributed by atoms with E-state index in [1.165, 1.54) is 0 Å². The number of likely N-dealkylation sites (tertiary alicyclic amines) is 2. The van der Waals surface area contributed by atoms with Crippen LogP contribution >= 0.6 is 15.9 Å². The van der Waals surface area contributed by atoms with Gasteiger partial charge in [0.25, 0.3) is 5.91 Å². The van der Waals surface area contributed by atoms with Crippen LogP contribution in [0.25, 0.3) is 0 Å². The molecule has 0 spiro atoms. The number of rotatable bonds is 6. The van der Waals surface area contributed by atoms with Gasteiger partial charge in [-0.1, -0.05) is 46.3 Å². The summed E-state index contributed by atoms with van der Waals surface area (Å²) in [6, 6.07) is 14.4. The molecular weight excluding hydrogens is 636 g/mol. The second-order valence-electron chi connectivity index (χ2n) is 12.8. The molecular formula is C34H47BrN6O4. The summed E-state index contributed by atoms with van der Waals surface area (Å²) in [6.07, 6.45) is 2.98. The summed E-state index contributed by atoms with van der Waals surface area (Å²) in [5.74, 6) is -0.116. The maximum absolute atomic E-state index is 13.9. The van der Waals surface area contributed by atoms with Crippen LogP contribution in [0.3, 0.4) is 0 Å². The van der Waals surface area contributed by atoms with Gasteiger partial charge in [-0.3, -0.25) is 9.69 Å². The summed E-state index contributed by atoms with van der Waals surface area (Å²) in [6.45, 7) is 9.10. The fraction of sp³-hybridized carbons (Fsp3) is 0.559. The van der Waals surface area contributed by atoms with Crippen molar-refractivity contribution >= 4 is 39.6 Å². The number of carbonyl (C=O) groups excluding carboxylic acids is 3. The molecule has 2 N–H and O–H groups in total. The Hall–Kier alpha value is -3.15. The highest BCUT2D eigenvalue weighted by atomic mass is 79.9. The van der Waals surface area contributed by atoms with E-state index in [0.717, 1.165) is 72.3 Å². The van der Waals surface area contributed by atoms with Gasteiger partial charge in [0.15, 0.2) is 6.10 Å². The Bertz CT molecular complexity index is 1380. The van der Waals surface area contributed by atoms with Crippen molar-refractivity contribution in [3.63, 3.8) is 0 Å². The van der Waals surface area contributed by atoms with E-state index in [1.54, 1.807) is 4.90 Å². The lowest BCUT2D eigenvalue weighted by Gasteiger charge is -2.41. The number of nitrogens with zero attached hydrogens (tertiary/aromatic N) is 4. The van der Waals surface area contributed by atoms with E-state index >= 15 is 0 Å². The molecule has 0 aromatic heterocycles. The van der Waals surface area contributed by atoms with Gasteiger partial charge in [-0.2, -0.15) is 0 Å². The number of para-hydroxylation sites is 1. The van der Waals surface area contributed by atoms with Crippen molar-refractivity contribution in [2.75, 3.05) is 64.2 Å². The lowest BCUT2D eigenvalue weighted by molar-refractivity contribution is -0.142. The summed E-state index contributed by atoms with van der Waals surface area (Å²) in [4.78, 5) is 48.5. The highest BCUT2D eigenvalue weighted by molar-refractivity contribution is 9.10. The molecule has 2 aromatic rings. The Morgan fingerprint density at radius 1 is 0.933 bits per heavy atom. The second kappa shape index (κ2) is 14.5. The van der Waals surface area contributed by atoms with E-state index in [-0.39, 0.29) is 19.4 Å². The zero-order chi connectivity index (χ0) is 31.3. The standard InChI is InChI=1S/C34H45BrN6O4.H2/c1-24-6-7-25(22-29(24)35)23-31(32(42)39-15-9-27(10-16-39)38-20-13-36-14-21-38)45-34(44)40-17-11-28(12-18-40)41-19-8-26-4-2-3-5-30(26)37-33(41)43;/h2-7,22,27-28,31,36H,8-21,23H2,1H3,(H,37,43);1H/t31-;/m1./s1. The van der Waals surface area contributed by atoms with Gasteiger partial charge in [0, 0.05) is 89.0 Å². The van der Waals surface area contributed by atoms with Crippen molar-refractivity contribution in [3.05, 3.63) is 63.6 Å². The molecule has 2 aromatic carbocycles. The van der Waals surface area contributed by atoms with E-state index in [1.807, 2.05) is 53.1 Å². The number of anilines is 1. The van der Waals surface area contributed by atoms with Gasteiger partial charge in [0.1, 0.15) is 0 Å². The maximum atomic E-state index is 13.9. The molecule has 1 atom stereocenters. The molecule has 45 heavy (non-hydrogen) atoms. The fourth-order valence-electron chi connectivity index (χ4n) is 7.15. The molecule has 0 aliphatic carbocycles. The number of nitrogens with one attached hydrogen (secondary N) is 2. The number of amides is 4. The molecule has 0 saturated carbocycles. The molecule has 10 nitrogen and oxygen atoms in total. The van der Waals surface area contributed by atoms with Crippen LogP contribution < -0.4 is 10.6 Å². The molecule has 3 saturated heterocycles. The van der Waals surface area contributed by atoms with Crippen molar-refractivity contribution < 1.29 is 20.5 Å². The van der Waals surface area contributed by atoms with Crippen molar-refractivity contribution in [2.24, 2.45) is 0 Å². The van der Waals surface area contributed by atoms with Crippen molar-refractivity contribution in [1.82, 2.24) is 24.9 Å². The summed E-state index contributed by atoms with van der Waals surface area (Å²) < 4.78 is 7.02. The smallest absolute Gasteiger partial charge is 0.410 e. The molecule has 3 fully saturated rings. The normalized spacial score (nSPS) is 21.1. The second-order valence-corrected chi connectivity index (χ2v) is 13.6. The number of ether oxygens (including phenoxy) is 1. The van der Waals surface area contributed by atoms with E-state index in [4.69, 9.17) is 4.74 Å². The molecule has 4 amide bonds. The Kier molecular flexibility index (Phi) is 10.3. The minimum atomic E-state index is -0.893. The number of aryl methyl sites for hydroxylation is 1. The zero-order valence-electron chi connectivity index (χ0n) is 26.2. The van der Waals surface area contributed by atoms with Crippen LogP contribution in [0.5, 0.6) is 0 Å². The molecule has 0 radical (unpaired) electrons. The van der Waals surface area contributed by atoms with Gasteiger partial charge >= 0.3 is 12.1 Å². The lowest BCUT2D eigenvalue weighted by Crippen LogP contribution is -2.54. The van der Waals surface area contributed by atoms with Crippen LogP contribution in [0.4, 0.5) is 15.3 Å². The van der Waals surface area contributed by atoms with Crippen LogP contribution in [-0.4, -0.2) is 115 Å². The molecule has 0 bridgehead atoms. The minimum Gasteiger partial charge on any atom is -0.436 e. The molecule has 11 heteroatoms. The molecule has 4 heterocycles. The number of urea groups is 1. The van der Waals surface area contributed by atoms with Gasteiger partial charge in [-0.25, -0.2) is 9.59 Å². The highest BCUT2D eigenvalue weighted by Crippen LogP contribution is 2.26. The van der Waals surface area contributed by atoms with E-state index in [2.05, 4.69) is 37.5 Å². The van der Waals surface area contributed by atoms with Crippen molar-refractivity contribution in [1.29, 1.82) is 0 Å². The minimum absolute atomic E-state index is 0. The third-order valence-electron chi connectivity index (χ3n) is 9.93. The first-order valence-electron chi connectivity index (χ1n) is 16.5. The van der Waals surface area contributed by atoms with Crippen molar-refractivity contribution in [2.45, 2.75) is 63.6 Å². The van der Waals surface area contributed by atoms with Gasteiger partial charge in [-0.05, 0) is 67.9 Å². The Labute approximate surface area is 276 Å². The number of piperidine rings is 2. The third kappa shape index (κ3) is 7.64. The average molecular weight is 684 g/mol. The Morgan fingerprint density at radius 2 is 1.62 bits per heavy atom. The summed E-state index contributed by atoms with van der Waals surface area (Å²) in [7, 11) is 0. The predicted molar refractivity (Wildman–Crippen MR) is 179 cm³/mol. The van der Waals surface area contributed by atoms with Gasteiger partial charge in [-0.15, -0.1) is 0 Å². The first kappa shape index (κ1) is 31.8. The predicted octanol–water partition coefficient (Wildman–Crippen LogP) is 4.50. The summed E-state index contributed by atoms with van der Waals surface area (Å²) >= 11 is 3.61. The van der Waals surface area contributed by atoms with Crippen molar-refractivity contribution in [3.8, 4) is 0 Å². The maximum Gasteiger partial charge on any atom is 0.410 e. The quantitative estimate of drug-likeness (QED) is 0.466. The van der Waals surface area contributed by atoms with E-state index < -0.39 is 12.2 Å². The fourth-order valence-corrected chi connectivity index (χ4v) is 7.58. The first-order valence-corrected chi connectivity index (χ1v) is 17.2. The molecule has 4 aliphatic rings. The topological polar surface area (TPSA) is 97.5 Å². The number of piperazine rings is 1. The SMILES string of the molecule is Cc1ccc(C[C@@H](OC(=O)N2CCC(N3CCc4ccccc4NC3=O)CC2)C(=O)N2CCC(N3CCNCC3)CC2)cc1Br.[HH]. The Balaban J connectivity index is 0.00000417. The number of halogens is 1. The highest BCUT2D eigenvalue weighted by Gasteiger charge is 2.36. The van der Waals surface area contributed by atoms with Crippen LogP contribution in [0, 0.1) is 6.92 Å². The van der Waals surface area contributed by atoms with Crippen LogP contribution in [0.2, 0.25) is 0 Å².